The molecule has 2 aromatic rings. The van der Waals surface area contributed by atoms with Gasteiger partial charge in [0.25, 0.3) is 5.91 Å². The van der Waals surface area contributed by atoms with Crippen LogP contribution in [0.2, 0.25) is 0 Å². The van der Waals surface area contributed by atoms with E-state index >= 15 is 0 Å². The summed E-state index contributed by atoms with van der Waals surface area (Å²) in [5.41, 5.74) is -0.507. The summed E-state index contributed by atoms with van der Waals surface area (Å²) in [5, 5.41) is 2.04. The minimum atomic E-state index is -4.09. The zero-order valence-corrected chi connectivity index (χ0v) is 15.1. The summed E-state index contributed by atoms with van der Waals surface area (Å²) in [6.07, 6.45) is 1.12. The van der Waals surface area contributed by atoms with E-state index in [-0.39, 0.29) is 11.5 Å². The molecule has 1 saturated heterocycles. The largest absolute Gasteiger partial charge is 0.496 e. The minimum Gasteiger partial charge on any atom is -0.496 e. The molecule has 1 aliphatic heterocycles. The maximum atomic E-state index is 13.8. The van der Waals surface area contributed by atoms with E-state index in [1.165, 1.54) is 0 Å². The molecule has 0 radical (unpaired) electrons. The number of hydrogen-bond acceptors (Lipinski definition) is 6. The number of methoxy groups -OCH3 is 1. The van der Waals surface area contributed by atoms with E-state index in [1.807, 2.05) is 5.32 Å². The lowest BCUT2D eigenvalue weighted by atomic mass is 10.2. The molecule has 1 atom stereocenters. The van der Waals surface area contributed by atoms with Gasteiger partial charge in [-0.05, 0) is 24.6 Å². The van der Waals surface area contributed by atoms with Crippen molar-refractivity contribution >= 4 is 21.7 Å². The van der Waals surface area contributed by atoms with Crippen molar-refractivity contribution in [3.05, 3.63) is 47.7 Å². The summed E-state index contributed by atoms with van der Waals surface area (Å²) < 4.78 is 86.2. The molecule has 28 heavy (non-hydrogen) atoms. The zero-order chi connectivity index (χ0) is 22.8. The summed E-state index contributed by atoms with van der Waals surface area (Å²) in [7, 11) is -7.04. The number of anilines is 1. The molecule has 1 aliphatic rings. The van der Waals surface area contributed by atoms with E-state index in [1.54, 1.807) is 0 Å². The number of carbonyl (C=O) groups excluding carboxylic acids is 1. The van der Waals surface area contributed by atoms with Crippen molar-refractivity contribution in [1.82, 2.24) is 9.71 Å². The van der Waals surface area contributed by atoms with Crippen LogP contribution in [-0.2, 0) is 14.8 Å². The van der Waals surface area contributed by atoms with E-state index in [2.05, 4.69) is 9.71 Å². The molecule has 0 saturated carbocycles. The number of carbonyl (C=O) groups is 1. The standard InChI is InChI=1S/C17H17F2N3O5S/c1-26-15-3-2-12(28(24,25)22-11-4-5-27-9-11)7-13(15)17(23)21-16-14(19)6-10(18)8-20-16/h2-3,6-8,11,22H,4-5,9H2,1H3,(H,20,21,23)/i1D3. The Morgan fingerprint density at radius 2 is 2.21 bits per heavy atom. The van der Waals surface area contributed by atoms with E-state index in [4.69, 9.17) is 13.6 Å². The van der Waals surface area contributed by atoms with Crippen molar-refractivity contribution in [2.45, 2.75) is 17.4 Å². The van der Waals surface area contributed by atoms with Crippen LogP contribution in [0.15, 0.2) is 35.4 Å². The fourth-order valence-corrected chi connectivity index (χ4v) is 3.82. The molecule has 1 unspecified atom stereocenters. The third kappa shape index (κ3) is 4.43. The van der Waals surface area contributed by atoms with Gasteiger partial charge in [-0.25, -0.2) is 26.9 Å². The van der Waals surface area contributed by atoms with Crippen molar-refractivity contribution in [1.29, 1.82) is 0 Å². The quantitative estimate of drug-likeness (QED) is 0.742. The second-order valence-corrected chi connectivity index (χ2v) is 7.59. The Hall–Kier alpha value is -2.63. The summed E-state index contributed by atoms with van der Waals surface area (Å²) in [5.74, 6) is -4.38. The second-order valence-electron chi connectivity index (χ2n) is 5.88. The van der Waals surface area contributed by atoms with Crippen LogP contribution in [-0.4, -0.2) is 45.6 Å². The van der Waals surface area contributed by atoms with Crippen LogP contribution < -0.4 is 14.8 Å². The Bertz CT molecular complexity index is 1090. The average molecular weight is 416 g/mol. The zero-order valence-electron chi connectivity index (χ0n) is 17.2. The number of amides is 1. The summed E-state index contributed by atoms with van der Waals surface area (Å²) in [4.78, 5) is 15.7. The van der Waals surface area contributed by atoms with Crippen LogP contribution in [0.4, 0.5) is 14.6 Å². The highest BCUT2D eigenvalue weighted by atomic mass is 32.2. The molecule has 2 heterocycles. The van der Waals surface area contributed by atoms with Gasteiger partial charge in [0.1, 0.15) is 11.6 Å². The molecule has 1 aromatic heterocycles. The van der Waals surface area contributed by atoms with Crippen molar-refractivity contribution in [2.24, 2.45) is 0 Å². The Morgan fingerprint density at radius 1 is 1.39 bits per heavy atom. The fourth-order valence-electron chi connectivity index (χ4n) is 2.54. The molecule has 0 bridgehead atoms. The van der Waals surface area contributed by atoms with E-state index in [0.717, 1.165) is 18.2 Å². The number of rotatable bonds is 6. The van der Waals surface area contributed by atoms with E-state index in [0.29, 0.717) is 25.3 Å². The lowest BCUT2D eigenvalue weighted by Crippen LogP contribution is -2.35. The lowest BCUT2D eigenvalue weighted by molar-refractivity contribution is 0.102. The van der Waals surface area contributed by atoms with Gasteiger partial charge in [0.2, 0.25) is 10.0 Å². The average Bonchev–Trinajstić information content (AvgIpc) is 3.15. The van der Waals surface area contributed by atoms with Crippen LogP contribution in [0.25, 0.3) is 0 Å². The number of pyridine rings is 1. The molecule has 1 amide bonds. The fraction of sp³-hybridized carbons (Fsp3) is 0.294. The monoisotopic (exact) mass is 416 g/mol. The van der Waals surface area contributed by atoms with Crippen molar-refractivity contribution in [3.63, 3.8) is 0 Å². The Balaban J connectivity index is 1.96. The minimum absolute atomic E-state index is 0.183. The number of sulfonamides is 1. The molecule has 3 rings (SSSR count). The molecule has 1 fully saturated rings. The maximum absolute atomic E-state index is 13.8. The number of nitrogens with one attached hydrogen (secondary N) is 2. The van der Waals surface area contributed by atoms with Gasteiger partial charge in [0.15, 0.2) is 11.6 Å². The lowest BCUT2D eigenvalue weighted by Gasteiger charge is -2.14. The normalized spacial score (nSPS) is 18.8. The van der Waals surface area contributed by atoms with E-state index < -0.39 is 57.8 Å². The van der Waals surface area contributed by atoms with Crippen LogP contribution in [0.1, 0.15) is 20.9 Å². The first-order valence-electron chi connectivity index (χ1n) is 9.50. The topological polar surface area (TPSA) is 107 Å². The van der Waals surface area contributed by atoms with Gasteiger partial charge in [-0.2, -0.15) is 0 Å². The predicted molar refractivity (Wildman–Crippen MR) is 94.6 cm³/mol. The molecule has 0 spiro atoms. The van der Waals surface area contributed by atoms with Gasteiger partial charge in [-0.3, -0.25) is 4.79 Å². The van der Waals surface area contributed by atoms with Crippen molar-refractivity contribution in [3.8, 4) is 5.75 Å². The number of ether oxygens (including phenoxy) is 2. The molecule has 8 nitrogen and oxygen atoms in total. The predicted octanol–water partition coefficient (Wildman–Crippen LogP) is 1.69. The SMILES string of the molecule is [2H]C([2H])([2H])Oc1ccc(S(=O)(=O)NC2CCOC2)cc1C(=O)Nc1ncc(F)cc1F. The second kappa shape index (κ2) is 8.17. The van der Waals surface area contributed by atoms with Crippen molar-refractivity contribution < 1.29 is 35.6 Å². The molecular formula is C17H17F2N3O5S. The van der Waals surface area contributed by atoms with Gasteiger partial charge in [-0.15, -0.1) is 0 Å². The van der Waals surface area contributed by atoms with Gasteiger partial charge < -0.3 is 14.8 Å². The van der Waals surface area contributed by atoms with Gasteiger partial charge >= 0.3 is 0 Å². The molecule has 11 heteroatoms. The van der Waals surface area contributed by atoms with Crippen LogP contribution in [0, 0.1) is 11.6 Å². The molecule has 1 aromatic carbocycles. The summed E-state index contributed by atoms with van der Waals surface area (Å²) in [6, 6.07) is 2.97. The maximum Gasteiger partial charge on any atom is 0.260 e. The first kappa shape index (κ1) is 16.3. The number of nitrogens with zero attached hydrogens (tertiary/aromatic N) is 1. The number of halogens is 2. The number of benzene rings is 1. The summed E-state index contributed by atoms with van der Waals surface area (Å²) in [6.45, 7) is 0.574. The highest BCUT2D eigenvalue weighted by molar-refractivity contribution is 7.89. The Morgan fingerprint density at radius 3 is 2.89 bits per heavy atom. The van der Waals surface area contributed by atoms with E-state index in [9.17, 15) is 22.0 Å². The van der Waals surface area contributed by atoms with Crippen LogP contribution in [0.5, 0.6) is 5.75 Å². The van der Waals surface area contributed by atoms with Gasteiger partial charge in [0.05, 0.1) is 34.4 Å². The molecule has 2 N–H and O–H groups in total. The molecule has 0 aliphatic carbocycles. The first-order chi connectivity index (χ1) is 14.4. The van der Waals surface area contributed by atoms with Gasteiger partial charge in [-0.1, -0.05) is 0 Å². The van der Waals surface area contributed by atoms with Gasteiger partial charge in [0, 0.05) is 18.7 Å². The Labute approximate surface area is 164 Å². The number of hydrogen-bond donors (Lipinski definition) is 2. The van der Waals surface area contributed by atoms with Crippen LogP contribution >= 0.6 is 0 Å². The highest BCUT2D eigenvalue weighted by Gasteiger charge is 2.25. The molecule has 150 valence electrons. The van der Waals surface area contributed by atoms with Crippen molar-refractivity contribution in [2.75, 3.05) is 25.6 Å². The summed E-state index contributed by atoms with van der Waals surface area (Å²) >= 11 is 0. The third-order valence-electron chi connectivity index (χ3n) is 3.91. The number of aromatic nitrogens is 1. The smallest absolute Gasteiger partial charge is 0.260 e. The van der Waals surface area contributed by atoms with Crippen LogP contribution in [0.3, 0.4) is 0 Å². The third-order valence-corrected chi connectivity index (χ3v) is 5.43. The first-order valence-corrected chi connectivity index (χ1v) is 9.48. The molecular weight excluding hydrogens is 396 g/mol. The highest BCUT2D eigenvalue weighted by Crippen LogP contribution is 2.24. The Kier molecular flexibility index (Phi) is 4.76.